The number of alkyl halides is 3. The first-order valence-electron chi connectivity index (χ1n) is 9.94. The number of fused-ring (bicyclic) bond motifs is 1. The van der Waals surface area contributed by atoms with Crippen LogP contribution in [0.1, 0.15) is 21.7 Å². The molecule has 0 atom stereocenters. The number of hydrogen-bond acceptors (Lipinski definition) is 5. The Morgan fingerprint density at radius 1 is 0.909 bits per heavy atom. The lowest BCUT2D eigenvalue weighted by Gasteiger charge is -2.14. The molecule has 0 aliphatic carbocycles. The van der Waals surface area contributed by atoms with Crippen LogP contribution in [0.2, 0.25) is 0 Å². The van der Waals surface area contributed by atoms with E-state index in [-0.39, 0.29) is 0 Å². The number of aryl methyl sites for hydroxylation is 1. The summed E-state index contributed by atoms with van der Waals surface area (Å²) in [7, 11) is 2.83. The summed E-state index contributed by atoms with van der Waals surface area (Å²) in [5, 5.41) is 0.577. The number of nitrogens with zero attached hydrogens (tertiary/aromatic N) is 2. The summed E-state index contributed by atoms with van der Waals surface area (Å²) < 4.78 is 50.2. The molecule has 4 aromatic rings. The molecule has 0 aliphatic heterocycles. The zero-order valence-corrected chi connectivity index (χ0v) is 18.0. The monoisotopic (exact) mass is 452 g/mol. The van der Waals surface area contributed by atoms with Gasteiger partial charge in [0.25, 0.3) is 0 Å². The largest absolute Gasteiger partial charge is 0.496 e. The molecule has 0 saturated carbocycles. The van der Waals surface area contributed by atoms with Crippen LogP contribution in [0.5, 0.6) is 5.75 Å². The Labute approximate surface area is 187 Å². The number of halogens is 3. The van der Waals surface area contributed by atoms with Gasteiger partial charge in [0.15, 0.2) is 0 Å². The normalized spacial score (nSPS) is 11.5. The van der Waals surface area contributed by atoms with E-state index in [0.29, 0.717) is 44.9 Å². The van der Waals surface area contributed by atoms with Crippen molar-refractivity contribution in [1.82, 2.24) is 9.97 Å². The average molecular weight is 452 g/mol. The molecule has 0 radical (unpaired) electrons. The topological polar surface area (TPSA) is 61.3 Å². The fraction of sp³-hybridized carbons (Fsp3) is 0.160. The van der Waals surface area contributed by atoms with Crippen LogP contribution in [0, 0.1) is 6.92 Å². The number of esters is 1. The van der Waals surface area contributed by atoms with E-state index < -0.39 is 17.7 Å². The molecule has 0 bridgehead atoms. The molecule has 33 heavy (non-hydrogen) atoms. The van der Waals surface area contributed by atoms with Crippen LogP contribution in [0.25, 0.3) is 33.3 Å². The molecule has 1 heterocycles. The van der Waals surface area contributed by atoms with E-state index in [1.807, 2.05) is 0 Å². The van der Waals surface area contributed by atoms with Gasteiger partial charge in [0.05, 0.1) is 36.6 Å². The van der Waals surface area contributed by atoms with Crippen molar-refractivity contribution in [3.05, 3.63) is 77.6 Å². The molecular weight excluding hydrogens is 433 g/mol. The summed E-state index contributed by atoms with van der Waals surface area (Å²) >= 11 is 0. The van der Waals surface area contributed by atoms with Gasteiger partial charge in [-0.2, -0.15) is 13.2 Å². The van der Waals surface area contributed by atoms with Crippen molar-refractivity contribution in [1.29, 1.82) is 0 Å². The molecule has 0 saturated heterocycles. The van der Waals surface area contributed by atoms with Crippen LogP contribution in [0.3, 0.4) is 0 Å². The van der Waals surface area contributed by atoms with Crippen LogP contribution in [0.4, 0.5) is 13.2 Å². The second kappa shape index (κ2) is 8.54. The Kier molecular flexibility index (Phi) is 5.76. The molecule has 168 valence electrons. The lowest BCUT2D eigenvalue weighted by atomic mass is 9.97. The predicted molar refractivity (Wildman–Crippen MR) is 118 cm³/mol. The number of aromatic nitrogens is 2. The highest BCUT2D eigenvalue weighted by Gasteiger charge is 2.30. The molecular formula is C25H19F3N2O3. The number of ether oxygens (including phenoxy) is 2. The van der Waals surface area contributed by atoms with Crippen molar-refractivity contribution in [2.45, 2.75) is 13.1 Å². The van der Waals surface area contributed by atoms with Gasteiger partial charge in [-0.15, -0.1) is 0 Å². The van der Waals surface area contributed by atoms with Crippen molar-refractivity contribution < 1.29 is 27.4 Å². The number of methoxy groups -OCH3 is 2. The van der Waals surface area contributed by atoms with Gasteiger partial charge in [-0.25, -0.2) is 14.8 Å². The first-order valence-corrected chi connectivity index (χ1v) is 9.94. The van der Waals surface area contributed by atoms with Gasteiger partial charge in [-0.3, -0.25) is 0 Å². The zero-order chi connectivity index (χ0) is 23.8. The van der Waals surface area contributed by atoms with Crippen molar-refractivity contribution in [3.8, 4) is 28.1 Å². The predicted octanol–water partition coefficient (Wildman–Crippen LogP) is 6.09. The Morgan fingerprint density at radius 3 is 2.27 bits per heavy atom. The van der Waals surface area contributed by atoms with Crippen molar-refractivity contribution in [2.75, 3.05) is 14.2 Å². The van der Waals surface area contributed by atoms with E-state index in [1.165, 1.54) is 20.3 Å². The van der Waals surface area contributed by atoms with Crippen LogP contribution in [-0.2, 0) is 10.9 Å². The molecule has 8 heteroatoms. The fourth-order valence-electron chi connectivity index (χ4n) is 3.63. The summed E-state index contributed by atoms with van der Waals surface area (Å²) in [6.45, 7) is 1.68. The van der Waals surface area contributed by atoms with E-state index in [2.05, 4.69) is 9.97 Å². The minimum Gasteiger partial charge on any atom is -0.496 e. The van der Waals surface area contributed by atoms with Crippen LogP contribution in [-0.4, -0.2) is 30.2 Å². The van der Waals surface area contributed by atoms with Gasteiger partial charge >= 0.3 is 12.1 Å². The Bertz CT molecular complexity index is 1350. The Balaban J connectivity index is 1.93. The number of carbonyl (C=O) groups excluding carboxylic acids is 1. The third-order valence-corrected chi connectivity index (χ3v) is 5.21. The molecule has 0 fully saturated rings. The van der Waals surface area contributed by atoms with Crippen LogP contribution in [0.15, 0.2) is 60.7 Å². The lowest BCUT2D eigenvalue weighted by Crippen LogP contribution is -2.05. The molecule has 5 nitrogen and oxygen atoms in total. The highest BCUT2D eigenvalue weighted by molar-refractivity contribution is 5.97. The molecule has 4 rings (SSSR count). The minimum absolute atomic E-state index is 0.331. The molecule has 1 aromatic heterocycles. The zero-order valence-electron chi connectivity index (χ0n) is 18.0. The summed E-state index contributed by atoms with van der Waals surface area (Å²) in [6, 6.07) is 15.3. The number of carbonyl (C=O) groups is 1. The van der Waals surface area contributed by atoms with Gasteiger partial charge in [-0.1, -0.05) is 24.3 Å². The van der Waals surface area contributed by atoms with E-state index in [4.69, 9.17) is 9.47 Å². The summed E-state index contributed by atoms with van der Waals surface area (Å²) in [5.41, 5.74) is 2.33. The van der Waals surface area contributed by atoms with Crippen LogP contribution >= 0.6 is 0 Å². The smallest absolute Gasteiger partial charge is 0.416 e. The van der Waals surface area contributed by atoms with Crippen molar-refractivity contribution in [2.24, 2.45) is 0 Å². The maximum atomic E-state index is 13.3. The fourth-order valence-corrected chi connectivity index (χ4v) is 3.63. The summed E-state index contributed by atoms with van der Waals surface area (Å²) in [4.78, 5) is 20.7. The summed E-state index contributed by atoms with van der Waals surface area (Å²) in [6.07, 6.45) is -4.47. The van der Waals surface area contributed by atoms with Gasteiger partial charge in [0.1, 0.15) is 11.6 Å². The Morgan fingerprint density at radius 2 is 1.64 bits per heavy atom. The van der Waals surface area contributed by atoms with Crippen LogP contribution < -0.4 is 4.74 Å². The average Bonchev–Trinajstić information content (AvgIpc) is 2.81. The van der Waals surface area contributed by atoms with E-state index in [9.17, 15) is 18.0 Å². The quantitative estimate of drug-likeness (QED) is 0.351. The standard InChI is InChI=1S/C25H19F3N2O3/c1-14-29-21-13-22(32-2)19(15-7-9-16(10-8-15)24(31)33-3)12-20(21)23(30-14)17-5-4-6-18(11-17)25(26,27)28/h4-13H,1-3H3. The van der Waals surface area contributed by atoms with E-state index in [0.717, 1.165) is 17.7 Å². The second-order valence-corrected chi connectivity index (χ2v) is 7.34. The van der Waals surface area contributed by atoms with E-state index in [1.54, 1.807) is 49.4 Å². The Hall–Kier alpha value is -3.94. The number of hydrogen-bond donors (Lipinski definition) is 0. The molecule has 3 aromatic carbocycles. The number of benzene rings is 3. The lowest BCUT2D eigenvalue weighted by molar-refractivity contribution is -0.137. The first kappa shape index (κ1) is 22.3. The van der Waals surface area contributed by atoms with Gasteiger partial charge < -0.3 is 9.47 Å². The molecule has 0 unspecified atom stereocenters. The first-order chi connectivity index (χ1) is 15.7. The minimum atomic E-state index is -4.47. The maximum Gasteiger partial charge on any atom is 0.416 e. The molecule has 0 aliphatic rings. The SMILES string of the molecule is COC(=O)c1ccc(-c2cc3c(-c4cccc(C(F)(F)F)c4)nc(C)nc3cc2OC)cc1. The summed E-state index contributed by atoms with van der Waals surface area (Å²) in [5.74, 6) is 0.497. The number of rotatable bonds is 4. The second-order valence-electron chi connectivity index (χ2n) is 7.34. The van der Waals surface area contributed by atoms with Crippen molar-refractivity contribution in [3.63, 3.8) is 0 Å². The maximum absolute atomic E-state index is 13.3. The molecule has 0 N–H and O–H groups in total. The van der Waals surface area contributed by atoms with Gasteiger partial charge in [0.2, 0.25) is 0 Å². The third-order valence-electron chi connectivity index (χ3n) is 5.21. The highest BCUT2D eigenvalue weighted by atomic mass is 19.4. The highest BCUT2D eigenvalue weighted by Crippen LogP contribution is 2.38. The van der Waals surface area contributed by atoms with Gasteiger partial charge in [-0.05, 0) is 42.8 Å². The van der Waals surface area contributed by atoms with Crippen molar-refractivity contribution >= 4 is 16.9 Å². The molecule has 0 amide bonds. The molecule has 0 spiro atoms. The van der Waals surface area contributed by atoms with Gasteiger partial charge in [0, 0.05) is 22.6 Å². The third kappa shape index (κ3) is 4.37. The van der Waals surface area contributed by atoms with E-state index >= 15 is 0 Å².